The molecule has 0 bridgehead atoms. The first-order valence-corrected chi connectivity index (χ1v) is 5.81. The van der Waals surface area contributed by atoms with Crippen LogP contribution in [-0.4, -0.2) is 6.54 Å². The molecule has 15 heavy (non-hydrogen) atoms. The fourth-order valence-corrected chi connectivity index (χ4v) is 2.43. The summed E-state index contributed by atoms with van der Waals surface area (Å²) in [5.41, 5.74) is 11.5. The van der Waals surface area contributed by atoms with E-state index in [0.717, 1.165) is 0 Å². The van der Waals surface area contributed by atoms with Crippen LogP contribution >= 0.6 is 0 Å². The highest BCUT2D eigenvalue weighted by Gasteiger charge is 2.13. The van der Waals surface area contributed by atoms with Crippen molar-refractivity contribution in [3.05, 3.63) is 40.5 Å². The zero-order valence-electron chi connectivity index (χ0n) is 9.42. The summed E-state index contributed by atoms with van der Waals surface area (Å²) in [5, 5.41) is 0. The van der Waals surface area contributed by atoms with Crippen LogP contribution in [0.2, 0.25) is 0 Å². The molecule has 1 nitrogen and oxygen atoms in total. The van der Waals surface area contributed by atoms with Gasteiger partial charge in [-0.3, -0.25) is 0 Å². The van der Waals surface area contributed by atoms with Crippen LogP contribution < -0.4 is 5.73 Å². The smallest absolute Gasteiger partial charge is 0.0110 e. The molecule has 0 atom stereocenters. The number of aryl methyl sites for hydroxylation is 1. The van der Waals surface area contributed by atoms with Crippen LogP contribution in [0.4, 0.5) is 0 Å². The molecule has 0 unspecified atom stereocenters. The van der Waals surface area contributed by atoms with E-state index in [1.807, 2.05) is 6.08 Å². The van der Waals surface area contributed by atoms with E-state index in [0.29, 0.717) is 6.54 Å². The molecule has 0 radical (unpaired) electrons. The Morgan fingerprint density at radius 1 is 1.20 bits per heavy atom. The molecule has 80 valence electrons. The summed E-state index contributed by atoms with van der Waals surface area (Å²) in [7, 11) is 0. The largest absolute Gasteiger partial charge is 0.327 e. The maximum atomic E-state index is 5.50. The Balaban J connectivity index is 2.43. The summed E-state index contributed by atoms with van der Waals surface area (Å²) in [6, 6.07) is 4.46. The molecule has 1 aromatic carbocycles. The lowest BCUT2D eigenvalue weighted by atomic mass is 9.85. The van der Waals surface area contributed by atoms with Gasteiger partial charge in [0.15, 0.2) is 0 Å². The lowest BCUT2D eigenvalue weighted by molar-refractivity contribution is 0.681. The van der Waals surface area contributed by atoms with Gasteiger partial charge in [-0.25, -0.2) is 0 Å². The first-order chi connectivity index (χ1) is 7.33. The number of rotatable bonds is 2. The molecule has 0 saturated heterocycles. The molecule has 1 aliphatic rings. The van der Waals surface area contributed by atoms with Crippen molar-refractivity contribution in [2.24, 2.45) is 5.73 Å². The molecule has 1 heteroatoms. The molecule has 1 aromatic rings. The van der Waals surface area contributed by atoms with Crippen LogP contribution in [0.25, 0.3) is 6.08 Å². The summed E-state index contributed by atoms with van der Waals surface area (Å²) < 4.78 is 0. The van der Waals surface area contributed by atoms with Crippen LogP contribution in [0.15, 0.2) is 18.2 Å². The van der Waals surface area contributed by atoms with Crippen LogP contribution in [0.1, 0.15) is 35.1 Å². The van der Waals surface area contributed by atoms with E-state index in [1.54, 1.807) is 11.1 Å². The number of fused-ring (bicyclic) bond motifs is 1. The Bertz CT molecular complexity index is 377. The van der Waals surface area contributed by atoms with Gasteiger partial charge in [0, 0.05) is 6.54 Å². The van der Waals surface area contributed by atoms with Crippen molar-refractivity contribution in [1.29, 1.82) is 0 Å². The fraction of sp³-hybridized carbons (Fsp3) is 0.429. The predicted octanol–water partition coefficient (Wildman–Crippen LogP) is 2.85. The third kappa shape index (κ3) is 2.13. The lowest BCUT2D eigenvalue weighted by Crippen LogP contribution is -2.06. The molecule has 0 spiro atoms. The van der Waals surface area contributed by atoms with E-state index in [4.69, 9.17) is 5.73 Å². The molecule has 0 fully saturated rings. The van der Waals surface area contributed by atoms with E-state index in [2.05, 4.69) is 25.1 Å². The molecule has 0 aromatic heterocycles. The van der Waals surface area contributed by atoms with Gasteiger partial charge >= 0.3 is 0 Å². The molecular formula is C14H19N. The monoisotopic (exact) mass is 201 g/mol. The standard InChI is InChI=1S/C14H19N/c1-11-8-9-12(5-4-10-15)14-7-3-2-6-13(11)14/h4-5,8-9H,2-3,6-7,10,15H2,1H3/b5-4+. The minimum atomic E-state index is 0.628. The van der Waals surface area contributed by atoms with Gasteiger partial charge < -0.3 is 5.73 Å². The molecule has 0 aliphatic heterocycles. The SMILES string of the molecule is Cc1ccc(/C=C/CN)c2c1CCCC2. The van der Waals surface area contributed by atoms with Gasteiger partial charge in [-0.15, -0.1) is 0 Å². The van der Waals surface area contributed by atoms with Crippen molar-refractivity contribution in [3.8, 4) is 0 Å². The highest BCUT2D eigenvalue weighted by atomic mass is 14.5. The number of hydrogen-bond acceptors (Lipinski definition) is 1. The van der Waals surface area contributed by atoms with Gasteiger partial charge in [-0.1, -0.05) is 24.3 Å². The summed E-state index contributed by atoms with van der Waals surface area (Å²) in [6.07, 6.45) is 9.38. The Hall–Kier alpha value is -1.08. The first-order valence-electron chi connectivity index (χ1n) is 5.81. The highest BCUT2D eigenvalue weighted by Crippen LogP contribution is 2.27. The highest BCUT2D eigenvalue weighted by molar-refractivity contribution is 5.58. The summed E-state index contributed by atoms with van der Waals surface area (Å²) >= 11 is 0. The van der Waals surface area contributed by atoms with Crippen molar-refractivity contribution < 1.29 is 0 Å². The maximum Gasteiger partial charge on any atom is 0.0110 e. The number of nitrogens with two attached hydrogens (primary N) is 1. The maximum absolute atomic E-state index is 5.50. The van der Waals surface area contributed by atoms with Gasteiger partial charge in [-0.05, 0) is 54.9 Å². The molecule has 0 amide bonds. The summed E-state index contributed by atoms with van der Waals surface area (Å²) in [5.74, 6) is 0. The van der Waals surface area contributed by atoms with Crippen LogP contribution in [0, 0.1) is 6.92 Å². The summed E-state index contributed by atoms with van der Waals surface area (Å²) in [4.78, 5) is 0. The van der Waals surface area contributed by atoms with Crippen molar-refractivity contribution in [1.82, 2.24) is 0 Å². The van der Waals surface area contributed by atoms with E-state index in [-0.39, 0.29) is 0 Å². The van der Waals surface area contributed by atoms with E-state index < -0.39 is 0 Å². The Labute approximate surface area is 92.0 Å². The Morgan fingerprint density at radius 2 is 1.93 bits per heavy atom. The van der Waals surface area contributed by atoms with Crippen LogP contribution in [0.3, 0.4) is 0 Å². The van der Waals surface area contributed by atoms with E-state index in [9.17, 15) is 0 Å². The molecule has 0 saturated carbocycles. The number of benzene rings is 1. The molecule has 0 heterocycles. The minimum absolute atomic E-state index is 0.628. The average Bonchev–Trinajstić information content (AvgIpc) is 2.29. The Kier molecular flexibility index (Phi) is 3.22. The van der Waals surface area contributed by atoms with Crippen molar-refractivity contribution in [3.63, 3.8) is 0 Å². The van der Waals surface area contributed by atoms with E-state index in [1.165, 1.54) is 36.8 Å². The Morgan fingerprint density at radius 3 is 2.67 bits per heavy atom. The normalized spacial score (nSPS) is 15.6. The van der Waals surface area contributed by atoms with Crippen LogP contribution in [-0.2, 0) is 12.8 Å². The second-order valence-electron chi connectivity index (χ2n) is 4.27. The third-order valence-corrected chi connectivity index (χ3v) is 3.24. The second-order valence-corrected chi connectivity index (χ2v) is 4.27. The molecule has 2 N–H and O–H groups in total. The zero-order valence-corrected chi connectivity index (χ0v) is 9.42. The lowest BCUT2D eigenvalue weighted by Gasteiger charge is -2.20. The zero-order chi connectivity index (χ0) is 10.7. The van der Waals surface area contributed by atoms with Gasteiger partial charge in [-0.2, -0.15) is 0 Å². The van der Waals surface area contributed by atoms with Crippen molar-refractivity contribution >= 4 is 6.08 Å². The second kappa shape index (κ2) is 4.63. The first kappa shape index (κ1) is 10.4. The number of hydrogen-bond donors (Lipinski definition) is 1. The molecule has 2 rings (SSSR count). The summed E-state index contributed by atoms with van der Waals surface area (Å²) in [6.45, 7) is 2.85. The quantitative estimate of drug-likeness (QED) is 0.782. The van der Waals surface area contributed by atoms with Gasteiger partial charge in [0.1, 0.15) is 0 Å². The van der Waals surface area contributed by atoms with Crippen molar-refractivity contribution in [2.45, 2.75) is 32.6 Å². The average molecular weight is 201 g/mol. The fourth-order valence-electron chi connectivity index (χ4n) is 2.43. The molecule has 1 aliphatic carbocycles. The minimum Gasteiger partial charge on any atom is -0.327 e. The van der Waals surface area contributed by atoms with Gasteiger partial charge in [0.25, 0.3) is 0 Å². The van der Waals surface area contributed by atoms with Crippen molar-refractivity contribution in [2.75, 3.05) is 6.54 Å². The third-order valence-electron chi connectivity index (χ3n) is 3.24. The van der Waals surface area contributed by atoms with Gasteiger partial charge in [0.05, 0.1) is 0 Å². The molecular weight excluding hydrogens is 182 g/mol. The van der Waals surface area contributed by atoms with Gasteiger partial charge in [0.2, 0.25) is 0 Å². The van der Waals surface area contributed by atoms with Crippen LogP contribution in [0.5, 0.6) is 0 Å². The van der Waals surface area contributed by atoms with E-state index >= 15 is 0 Å². The predicted molar refractivity (Wildman–Crippen MR) is 65.9 cm³/mol. The topological polar surface area (TPSA) is 26.0 Å².